The van der Waals surface area contributed by atoms with E-state index in [1.807, 2.05) is 38.1 Å². The highest BCUT2D eigenvalue weighted by Gasteiger charge is 2.11. The summed E-state index contributed by atoms with van der Waals surface area (Å²) in [5.74, 6) is -0.388. The maximum Gasteiger partial charge on any atom is 0.145 e. The number of benzene rings is 2. The molecule has 0 aliphatic heterocycles. The normalized spacial score (nSPS) is 10.8. The average molecular weight is 356 g/mol. The highest BCUT2D eigenvalue weighted by atomic mass is 79.9. The highest BCUT2D eigenvalue weighted by molar-refractivity contribution is 9.10. The van der Waals surface area contributed by atoms with Gasteiger partial charge in [0.25, 0.3) is 0 Å². The molecule has 0 heterocycles. The second kappa shape index (κ2) is 6.89. The number of hydrogen-bond donors (Lipinski definition) is 1. The topological polar surface area (TPSA) is 21.3 Å². The van der Waals surface area contributed by atoms with Gasteiger partial charge in [-0.05, 0) is 66.2 Å². The zero-order chi connectivity index (χ0) is 15.4. The Bertz CT molecular complexity index is 614. The van der Waals surface area contributed by atoms with E-state index in [-0.39, 0.29) is 22.7 Å². The number of halogens is 3. The van der Waals surface area contributed by atoms with Gasteiger partial charge in [-0.2, -0.15) is 0 Å². The van der Waals surface area contributed by atoms with Gasteiger partial charge in [-0.25, -0.2) is 8.78 Å². The summed E-state index contributed by atoms with van der Waals surface area (Å²) >= 11 is 3.05. The minimum Gasteiger partial charge on any atom is -0.491 e. The predicted molar refractivity (Wildman–Crippen MR) is 83.6 cm³/mol. The van der Waals surface area contributed by atoms with E-state index in [4.69, 9.17) is 4.74 Å². The van der Waals surface area contributed by atoms with Gasteiger partial charge in [0.1, 0.15) is 17.4 Å². The first-order valence-electron chi connectivity index (χ1n) is 6.60. The predicted octanol–water partition coefficient (Wildman–Crippen LogP) is 5.13. The maximum atomic E-state index is 13.8. The summed E-state index contributed by atoms with van der Waals surface area (Å²) in [4.78, 5) is 0. The Morgan fingerprint density at radius 3 is 2.38 bits per heavy atom. The molecule has 2 nitrogen and oxygen atoms in total. The molecule has 0 amide bonds. The molecule has 0 spiro atoms. The third-order valence-corrected chi connectivity index (χ3v) is 3.45. The first kappa shape index (κ1) is 15.8. The molecule has 2 rings (SSSR count). The highest BCUT2D eigenvalue weighted by Crippen LogP contribution is 2.23. The fourth-order valence-corrected chi connectivity index (χ4v) is 2.22. The molecule has 0 fully saturated rings. The molecule has 0 aliphatic carbocycles. The van der Waals surface area contributed by atoms with E-state index in [9.17, 15) is 8.78 Å². The lowest BCUT2D eigenvalue weighted by Gasteiger charge is -2.12. The smallest absolute Gasteiger partial charge is 0.145 e. The summed E-state index contributed by atoms with van der Waals surface area (Å²) in [7, 11) is 0. The van der Waals surface area contributed by atoms with Crippen LogP contribution in [0.3, 0.4) is 0 Å². The van der Waals surface area contributed by atoms with Crippen LogP contribution >= 0.6 is 15.9 Å². The van der Waals surface area contributed by atoms with Crippen LogP contribution in [0.25, 0.3) is 0 Å². The number of nitrogens with one attached hydrogen (secondary N) is 1. The van der Waals surface area contributed by atoms with Crippen LogP contribution in [0.4, 0.5) is 14.5 Å². The summed E-state index contributed by atoms with van der Waals surface area (Å²) in [6, 6.07) is 9.85. The molecule has 0 aromatic heterocycles. The molecule has 0 unspecified atom stereocenters. The largest absolute Gasteiger partial charge is 0.491 e. The van der Waals surface area contributed by atoms with Crippen molar-refractivity contribution in [2.24, 2.45) is 0 Å². The van der Waals surface area contributed by atoms with Crippen LogP contribution < -0.4 is 10.1 Å². The fourth-order valence-electron chi connectivity index (χ4n) is 1.85. The van der Waals surface area contributed by atoms with Crippen LogP contribution in [0, 0.1) is 11.6 Å². The summed E-state index contributed by atoms with van der Waals surface area (Å²) in [6.07, 6.45) is 0.105. The molecule has 0 atom stereocenters. The van der Waals surface area contributed by atoms with Gasteiger partial charge in [-0.1, -0.05) is 0 Å². The van der Waals surface area contributed by atoms with Crippen molar-refractivity contribution >= 4 is 21.6 Å². The molecule has 5 heteroatoms. The third-order valence-electron chi connectivity index (χ3n) is 2.83. The van der Waals surface area contributed by atoms with E-state index in [1.165, 1.54) is 12.1 Å². The van der Waals surface area contributed by atoms with Gasteiger partial charge in [0.2, 0.25) is 0 Å². The van der Waals surface area contributed by atoms with Crippen LogP contribution in [-0.2, 0) is 6.54 Å². The van der Waals surface area contributed by atoms with Crippen LogP contribution in [0.15, 0.2) is 40.9 Å². The van der Waals surface area contributed by atoms with E-state index in [0.29, 0.717) is 0 Å². The lowest BCUT2D eigenvalue weighted by molar-refractivity contribution is 0.242. The summed E-state index contributed by atoms with van der Waals surface area (Å²) < 4.78 is 33.2. The second-order valence-electron chi connectivity index (χ2n) is 4.87. The zero-order valence-corrected chi connectivity index (χ0v) is 13.4. The SMILES string of the molecule is CC(C)Oc1ccc(NCc2c(F)ccc(Br)c2F)cc1. The minimum atomic E-state index is -0.581. The molecular formula is C16H16BrF2NO. The van der Waals surface area contributed by atoms with Gasteiger partial charge in [-0.3, -0.25) is 0 Å². The Balaban J connectivity index is 2.05. The quantitative estimate of drug-likeness (QED) is 0.751. The Kier molecular flexibility index (Phi) is 5.17. The molecule has 0 saturated heterocycles. The zero-order valence-electron chi connectivity index (χ0n) is 11.8. The molecule has 0 aliphatic rings. The molecule has 0 radical (unpaired) electrons. The van der Waals surface area contributed by atoms with Crippen LogP contribution in [0.1, 0.15) is 19.4 Å². The maximum absolute atomic E-state index is 13.8. The van der Waals surface area contributed by atoms with E-state index in [2.05, 4.69) is 21.2 Å². The average Bonchev–Trinajstić information content (AvgIpc) is 2.44. The van der Waals surface area contributed by atoms with Gasteiger partial charge < -0.3 is 10.1 Å². The summed E-state index contributed by atoms with van der Waals surface area (Å²) in [5, 5.41) is 2.99. The number of hydrogen-bond acceptors (Lipinski definition) is 2. The van der Waals surface area contributed by atoms with Crippen LogP contribution in [0.2, 0.25) is 0 Å². The number of ether oxygens (including phenoxy) is 1. The third kappa shape index (κ3) is 4.17. The minimum absolute atomic E-state index is 0.00637. The molecule has 21 heavy (non-hydrogen) atoms. The Morgan fingerprint density at radius 2 is 1.76 bits per heavy atom. The van der Waals surface area contributed by atoms with Crippen molar-refractivity contribution in [3.8, 4) is 5.75 Å². The van der Waals surface area contributed by atoms with Crippen LogP contribution in [0.5, 0.6) is 5.75 Å². The molecule has 0 bridgehead atoms. The lowest BCUT2D eigenvalue weighted by atomic mass is 10.2. The summed E-state index contributed by atoms with van der Waals surface area (Å²) in [5.41, 5.74) is 0.775. The lowest BCUT2D eigenvalue weighted by Crippen LogP contribution is -2.06. The van der Waals surface area contributed by atoms with E-state index in [1.54, 1.807) is 0 Å². The van der Waals surface area contributed by atoms with E-state index < -0.39 is 11.6 Å². The van der Waals surface area contributed by atoms with Gasteiger partial charge in [0, 0.05) is 17.8 Å². The fraction of sp³-hybridized carbons (Fsp3) is 0.250. The Hall–Kier alpha value is -1.62. The van der Waals surface area contributed by atoms with Gasteiger partial charge in [-0.15, -0.1) is 0 Å². The molecule has 2 aromatic rings. The number of anilines is 1. The van der Waals surface area contributed by atoms with Gasteiger partial charge in [0.15, 0.2) is 0 Å². The standard InChI is InChI=1S/C16H16BrF2NO/c1-10(2)21-12-5-3-11(4-6-12)20-9-13-15(18)8-7-14(17)16(13)19/h3-8,10,20H,9H2,1-2H3. The molecular weight excluding hydrogens is 340 g/mol. The van der Waals surface area contributed by atoms with Gasteiger partial charge in [0.05, 0.1) is 10.6 Å². The molecule has 112 valence electrons. The first-order valence-corrected chi connectivity index (χ1v) is 7.39. The Morgan fingerprint density at radius 1 is 1.10 bits per heavy atom. The van der Waals surface area contributed by atoms with Crippen molar-refractivity contribution in [1.82, 2.24) is 0 Å². The van der Waals surface area contributed by atoms with Crippen molar-refractivity contribution in [2.75, 3.05) is 5.32 Å². The van der Waals surface area contributed by atoms with Gasteiger partial charge >= 0.3 is 0 Å². The number of rotatable bonds is 5. The van der Waals surface area contributed by atoms with Crippen molar-refractivity contribution in [3.63, 3.8) is 0 Å². The molecule has 1 N–H and O–H groups in total. The summed E-state index contributed by atoms with van der Waals surface area (Å²) in [6.45, 7) is 3.97. The first-order chi connectivity index (χ1) is 9.97. The van der Waals surface area contributed by atoms with Crippen molar-refractivity contribution in [1.29, 1.82) is 0 Å². The molecule has 2 aromatic carbocycles. The van der Waals surface area contributed by atoms with E-state index >= 15 is 0 Å². The molecule has 0 saturated carbocycles. The second-order valence-corrected chi connectivity index (χ2v) is 5.72. The van der Waals surface area contributed by atoms with Crippen molar-refractivity contribution in [2.45, 2.75) is 26.5 Å². The monoisotopic (exact) mass is 355 g/mol. The van der Waals surface area contributed by atoms with Crippen LogP contribution in [-0.4, -0.2) is 6.10 Å². The van der Waals surface area contributed by atoms with Crippen molar-refractivity contribution < 1.29 is 13.5 Å². The van der Waals surface area contributed by atoms with E-state index in [0.717, 1.165) is 11.4 Å². The van der Waals surface area contributed by atoms with Crippen molar-refractivity contribution in [3.05, 3.63) is 58.1 Å². The Labute approximate surface area is 131 Å².